The molecule has 1 saturated carbocycles. The Bertz CT molecular complexity index is 458. The summed E-state index contributed by atoms with van der Waals surface area (Å²) in [6.07, 6.45) is 3.37. The number of amides is 1. The lowest BCUT2D eigenvalue weighted by molar-refractivity contribution is 0.0717. The summed E-state index contributed by atoms with van der Waals surface area (Å²) < 4.78 is 13.8. The monoisotopic (exact) mass is 251 g/mol. The second-order valence-electron chi connectivity index (χ2n) is 5.14. The standard InChI is InChI=1S/C13H18FN3O/c1-8(2)7-17(9-3-4-9)13(18)10-5-6-16-12(15)11(10)14/h5-6,8-9H,3-4,7H2,1-2H3,(H2,15,16). The highest BCUT2D eigenvalue weighted by atomic mass is 19.1. The number of hydrogen-bond donors (Lipinski definition) is 1. The highest BCUT2D eigenvalue weighted by molar-refractivity contribution is 5.95. The number of carbonyl (C=O) groups excluding carboxylic acids is 1. The second kappa shape index (κ2) is 4.92. The van der Waals surface area contributed by atoms with Gasteiger partial charge in [-0.05, 0) is 24.8 Å². The quantitative estimate of drug-likeness (QED) is 0.891. The van der Waals surface area contributed by atoms with Gasteiger partial charge < -0.3 is 10.6 Å². The maximum atomic E-state index is 13.8. The first-order valence-electron chi connectivity index (χ1n) is 6.21. The first kappa shape index (κ1) is 12.8. The van der Waals surface area contributed by atoms with Gasteiger partial charge in [0.25, 0.3) is 5.91 Å². The maximum absolute atomic E-state index is 13.8. The molecule has 4 nitrogen and oxygen atoms in total. The average molecular weight is 251 g/mol. The topological polar surface area (TPSA) is 59.2 Å². The molecule has 1 aromatic rings. The van der Waals surface area contributed by atoms with Crippen molar-refractivity contribution in [1.82, 2.24) is 9.88 Å². The molecule has 98 valence electrons. The molecule has 1 heterocycles. The number of nitrogen functional groups attached to an aromatic ring is 1. The van der Waals surface area contributed by atoms with Crippen molar-refractivity contribution < 1.29 is 9.18 Å². The fourth-order valence-electron chi connectivity index (χ4n) is 1.96. The minimum Gasteiger partial charge on any atom is -0.381 e. The van der Waals surface area contributed by atoms with E-state index < -0.39 is 5.82 Å². The van der Waals surface area contributed by atoms with Crippen LogP contribution in [0.25, 0.3) is 0 Å². The van der Waals surface area contributed by atoms with Gasteiger partial charge in [0, 0.05) is 18.8 Å². The van der Waals surface area contributed by atoms with Gasteiger partial charge in [0.15, 0.2) is 11.6 Å². The fourth-order valence-corrected chi connectivity index (χ4v) is 1.96. The van der Waals surface area contributed by atoms with Gasteiger partial charge in [-0.3, -0.25) is 4.79 Å². The van der Waals surface area contributed by atoms with Gasteiger partial charge in [-0.25, -0.2) is 9.37 Å². The van der Waals surface area contributed by atoms with E-state index in [4.69, 9.17) is 5.73 Å². The number of nitrogens with two attached hydrogens (primary N) is 1. The largest absolute Gasteiger partial charge is 0.381 e. The third kappa shape index (κ3) is 2.60. The average Bonchev–Trinajstić information content (AvgIpc) is 3.12. The van der Waals surface area contributed by atoms with Gasteiger partial charge in [0.2, 0.25) is 0 Å². The molecule has 0 radical (unpaired) electrons. The molecule has 1 fully saturated rings. The molecule has 1 aromatic heterocycles. The van der Waals surface area contributed by atoms with E-state index in [1.54, 1.807) is 4.90 Å². The third-order valence-electron chi connectivity index (χ3n) is 2.96. The van der Waals surface area contributed by atoms with Crippen LogP contribution < -0.4 is 5.73 Å². The van der Waals surface area contributed by atoms with E-state index in [9.17, 15) is 9.18 Å². The van der Waals surface area contributed by atoms with Gasteiger partial charge in [0.1, 0.15) is 0 Å². The Morgan fingerprint density at radius 2 is 2.28 bits per heavy atom. The van der Waals surface area contributed by atoms with Gasteiger partial charge in [-0.15, -0.1) is 0 Å². The van der Waals surface area contributed by atoms with Crippen molar-refractivity contribution in [3.8, 4) is 0 Å². The molecule has 0 bridgehead atoms. The summed E-state index contributed by atoms with van der Waals surface area (Å²) in [4.78, 5) is 17.7. The maximum Gasteiger partial charge on any atom is 0.257 e. The van der Waals surface area contributed by atoms with Crippen LogP contribution in [0.3, 0.4) is 0 Å². The SMILES string of the molecule is CC(C)CN(C(=O)c1ccnc(N)c1F)C1CC1. The summed E-state index contributed by atoms with van der Waals surface area (Å²) in [6.45, 7) is 4.73. The minimum absolute atomic E-state index is 0.0232. The number of rotatable bonds is 4. The Kier molecular flexibility index (Phi) is 3.50. The number of hydrogen-bond acceptors (Lipinski definition) is 3. The van der Waals surface area contributed by atoms with E-state index in [0.717, 1.165) is 12.8 Å². The number of pyridine rings is 1. The van der Waals surface area contributed by atoms with Gasteiger partial charge in [-0.2, -0.15) is 0 Å². The Balaban J connectivity index is 2.25. The number of halogens is 1. The molecule has 2 rings (SSSR count). The molecule has 1 aliphatic rings. The van der Waals surface area contributed by atoms with Gasteiger partial charge in [-0.1, -0.05) is 13.8 Å². The van der Waals surface area contributed by atoms with Crippen LogP contribution in [0, 0.1) is 11.7 Å². The summed E-state index contributed by atoms with van der Waals surface area (Å²) in [7, 11) is 0. The molecular weight excluding hydrogens is 233 g/mol. The van der Waals surface area contributed by atoms with Crippen molar-refractivity contribution in [1.29, 1.82) is 0 Å². The van der Waals surface area contributed by atoms with E-state index in [2.05, 4.69) is 4.98 Å². The van der Waals surface area contributed by atoms with Crippen LogP contribution >= 0.6 is 0 Å². The molecule has 2 N–H and O–H groups in total. The third-order valence-corrected chi connectivity index (χ3v) is 2.96. The van der Waals surface area contributed by atoms with Gasteiger partial charge >= 0.3 is 0 Å². The lowest BCUT2D eigenvalue weighted by atomic mass is 10.1. The predicted octanol–water partition coefficient (Wildman–Crippen LogP) is 2.06. The van der Waals surface area contributed by atoms with Crippen molar-refractivity contribution in [2.75, 3.05) is 12.3 Å². The summed E-state index contributed by atoms with van der Waals surface area (Å²) in [6, 6.07) is 1.65. The number of anilines is 1. The van der Waals surface area contributed by atoms with Crippen molar-refractivity contribution >= 4 is 11.7 Å². The summed E-state index contributed by atoms with van der Waals surface area (Å²) in [5.74, 6) is -0.854. The molecule has 0 unspecified atom stereocenters. The van der Waals surface area contributed by atoms with Crippen LogP contribution in [-0.4, -0.2) is 28.4 Å². The lowest BCUT2D eigenvalue weighted by Gasteiger charge is -2.24. The Hall–Kier alpha value is -1.65. The molecule has 0 aliphatic heterocycles. The van der Waals surface area contributed by atoms with E-state index in [0.29, 0.717) is 12.5 Å². The summed E-state index contributed by atoms with van der Waals surface area (Å²) >= 11 is 0. The van der Waals surface area contributed by atoms with Crippen LogP contribution in [0.5, 0.6) is 0 Å². The number of aromatic nitrogens is 1. The Morgan fingerprint density at radius 1 is 1.61 bits per heavy atom. The number of nitrogens with zero attached hydrogens (tertiary/aromatic N) is 2. The van der Waals surface area contributed by atoms with Crippen LogP contribution in [-0.2, 0) is 0 Å². The normalized spacial score (nSPS) is 14.9. The number of carbonyl (C=O) groups is 1. The van der Waals surface area contributed by atoms with Crippen LogP contribution in [0.1, 0.15) is 37.0 Å². The van der Waals surface area contributed by atoms with Crippen molar-refractivity contribution in [2.24, 2.45) is 5.92 Å². The van der Waals surface area contributed by atoms with Crippen molar-refractivity contribution in [3.63, 3.8) is 0 Å². The molecule has 0 atom stereocenters. The van der Waals surface area contributed by atoms with Gasteiger partial charge in [0.05, 0.1) is 5.56 Å². The molecule has 1 amide bonds. The van der Waals surface area contributed by atoms with E-state index in [1.807, 2.05) is 13.8 Å². The Morgan fingerprint density at radius 3 is 2.83 bits per heavy atom. The second-order valence-corrected chi connectivity index (χ2v) is 5.14. The molecule has 0 aromatic carbocycles. The molecule has 18 heavy (non-hydrogen) atoms. The highest BCUT2D eigenvalue weighted by Crippen LogP contribution is 2.29. The fraction of sp³-hybridized carbons (Fsp3) is 0.538. The molecule has 0 spiro atoms. The zero-order valence-corrected chi connectivity index (χ0v) is 10.7. The zero-order chi connectivity index (χ0) is 13.3. The first-order valence-corrected chi connectivity index (χ1v) is 6.21. The summed E-state index contributed by atoms with van der Waals surface area (Å²) in [5.41, 5.74) is 5.42. The molecule has 1 aliphatic carbocycles. The lowest BCUT2D eigenvalue weighted by Crippen LogP contribution is -2.36. The first-order chi connectivity index (χ1) is 8.50. The van der Waals surface area contributed by atoms with E-state index >= 15 is 0 Å². The summed E-state index contributed by atoms with van der Waals surface area (Å²) in [5, 5.41) is 0. The van der Waals surface area contributed by atoms with Crippen molar-refractivity contribution in [2.45, 2.75) is 32.7 Å². The van der Waals surface area contributed by atoms with E-state index in [1.165, 1.54) is 12.3 Å². The van der Waals surface area contributed by atoms with Crippen LogP contribution in [0.2, 0.25) is 0 Å². The molecule has 0 saturated heterocycles. The van der Waals surface area contributed by atoms with E-state index in [-0.39, 0.29) is 23.3 Å². The smallest absolute Gasteiger partial charge is 0.257 e. The highest BCUT2D eigenvalue weighted by Gasteiger charge is 2.34. The van der Waals surface area contributed by atoms with Crippen LogP contribution in [0.4, 0.5) is 10.2 Å². The van der Waals surface area contributed by atoms with Crippen molar-refractivity contribution in [3.05, 3.63) is 23.6 Å². The van der Waals surface area contributed by atoms with Crippen LogP contribution in [0.15, 0.2) is 12.3 Å². The predicted molar refractivity (Wildman–Crippen MR) is 67.5 cm³/mol. The Labute approximate surface area is 106 Å². The minimum atomic E-state index is -0.711. The molecule has 5 heteroatoms. The zero-order valence-electron chi connectivity index (χ0n) is 10.7. The molecular formula is C13H18FN3O.